The molecule has 2 unspecified atom stereocenters. The van der Waals surface area contributed by atoms with Crippen molar-refractivity contribution in [3.63, 3.8) is 0 Å². The topological polar surface area (TPSA) is 55.7 Å². The molecule has 2 atom stereocenters. The van der Waals surface area contributed by atoms with Gasteiger partial charge in [0.1, 0.15) is 12.0 Å². The van der Waals surface area contributed by atoms with Crippen molar-refractivity contribution in [1.82, 2.24) is 10.2 Å². The molecule has 0 bridgehead atoms. The zero-order chi connectivity index (χ0) is 15.8. The van der Waals surface area contributed by atoms with Gasteiger partial charge >= 0.3 is 0 Å². The number of hydrogen-bond acceptors (Lipinski definition) is 4. The molecule has 4 nitrogen and oxygen atoms in total. The van der Waals surface area contributed by atoms with Crippen molar-refractivity contribution in [2.75, 3.05) is 19.6 Å². The second kappa shape index (κ2) is 8.93. The summed E-state index contributed by atoms with van der Waals surface area (Å²) in [6.07, 6.45) is 6.22. The Morgan fingerprint density at radius 2 is 1.91 bits per heavy atom. The Balaban J connectivity index is 1.93. The molecule has 0 spiro atoms. The number of benzene rings is 1. The van der Waals surface area contributed by atoms with Gasteiger partial charge in [0.25, 0.3) is 0 Å². The van der Waals surface area contributed by atoms with Gasteiger partial charge in [0.15, 0.2) is 0 Å². The first-order valence-corrected chi connectivity index (χ1v) is 8.22. The van der Waals surface area contributed by atoms with Gasteiger partial charge in [-0.3, -0.25) is 5.32 Å². The van der Waals surface area contributed by atoms with Gasteiger partial charge in [0.2, 0.25) is 0 Å². The molecule has 1 heterocycles. The lowest BCUT2D eigenvalue weighted by atomic mass is 10.0. The van der Waals surface area contributed by atoms with Crippen LogP contribution in [-0.2, 0) is 6.42 Å². The quantitative estimate of drug-likeness (QED) is 0.484. The summed E-state index contributed by atoms with van der Waals surface area (Å²) in [5.41, 5.74) is 1.17. The van der Waals surface area contributed by atoms with Crippen LogP contribution in [0.4, 0.5) is 0 Å². The highest BCUT2D eigenvalue weighted by atomic mass is 16.3. The largest absolute Gasteiger partial charge is 0.508 e. The van der Waals surface area contributed by atoms with E-state index in [4.69, 9.17) is 0 Å². The minimum atomic E-state index is -0.497. The van der Waals surface area contributed by atoms with Crippen LogP contribution < -0.4 is 5.32 Å². The average Bonchev–Trinajstić information content (AvgIpc) is 3.00. The Bertz CT molecular complexity index is 441. The number of nitrogens with zero attached hydrogens (tertiary/aromatic N) is 1. The van der Waals surface area contributed by atoms with E-state index >= 15 is 0 Å². The van der Waals surface area contributed by atoms with Crippen LogP contribution in [0.3, 0.4) is 0 Å². The Morgan fingerprint density at radius 3 is 2.55 bits per heavy atom. The molecule has 4 heteroatoms. The van der Waals surface area contributed by atoms with E-state index in [2.05, 4.69) is 16.8 Å². The fourth-order valence-electron chi connectivity index (χ4n) is 3.00. The van der Waals surface area contributed by atoms with Crippen LogP contribution in [0, 0.1) is 0 Å². The zero-order valence-electron chi connectivity index (χ0n) is 13.2. The monoisotopic (exact) mass is 304 g/mol. The fraction of sp³-hybridized carbons (Fsp3) is 0.556. The zero-order valence-corrected chi connectivity index (χ0v) is 13.2. The number of likely N-dealkylation sites (tertiary alicyclic amines) is 1. The van der Waals surface area contributed by atoms with E-state index < -0.39 is 6.23 Å². The highest BCUT2D eigenvalue weighted by molar-refractivity contribution is 5.26. The molecule has 3 N–H and O–H groups in total. The summed E-state index contributed by atoms with van der Waals surface area (Å²) < 4.78 is 0. The number of rotatable bonds is 9. The predicted molar refractivity (Wildman–Crippen MR) is 89.8 cm³/mol. The third-order valence-electron chi connectivity index (χ3n) is 4.17. The van der Waals surface area contributed by atoms with Crippen LogP contribution in [-0.4, -0.2) is 47.0 Å². The highest BCUT2D eigenvalue weighted by Gasteiger charge is 2.19. The summed E-state index contributed by atoms with van der Waals surface area (Å²) in [6, 6.07) is 7.54. The number of nitrogens with one attached hydrogen (secondary N) is 1. The van der Waals surface area contributed by atoms with Crippen molar-refractivity contribution in [3.05, 3.63) is 42.5 Å². The predicted octanol–water partition coefficient (Wildman–Crippen LogP) is 2.27. The molecule has 1 saturated heterocycles. The van der Waals surface area contributed by atoms with Crippen molar-refractivity contribution in [2.45, 2.75) is 44.4 Å². The summed E-state index contributed by atoms with van der Waals surface area (Å²) in [4.78, 5) is 2.46. The number of phenolic OH excluding ortho intramolecular Hbond substituents is 1. The first-order chi connectivity index (χ1) is 10.7. The third-order valence-corrected chi connectivity index (χ3v) is 4.17. The molecule has 0 aliphatic carbocycles. The Morgan fingerprint density at radius 1 is 1.23 bits per heavy atom. The van der Waals surface area contributed by atoms with Crippen molar-refractivity contribution in [2.24, 2.45) is 0 Å². The van der Waals surface area contributed by atoms with Crippen molar-refractivity contribution in [3.8, 4) is 5.75 Å². The van der Waals surface area contributed by atoms with E-state index in [0.717, 1.165) is 32.5 Å². The van der Waals surface area contributed by atoms with Gasteiger partial charge in [-0.15, -0.1) is 6.58 Å². The molecule has 1 aliphatic rings. The molecule has 122 valence electrons. The minimum absolute atomic E-state index is 0.211. The van der Waals surface area contributed by atoms with Gasteiger partial charge < -0.3 is 15.1 Å². The lowest BCUT2D eigenvalue weighted by Crippen LogP contribution is -2.46. The van der Waals surface area contributed by atoms with Gasteiger partial charge in [-0.1, -0.05) is 18.2 Å². The molecular formula is C18H28N2O2. The van der Waals surface area contributed by atoms with Crippen LogP contribution in [0.1, 0.15) is 31.2 Å². The van der Waals surface area contributed by atoms with E-state index in [-0.39, 0.29) is 6.04 Å². The number of phenols is 1. The molecule has 1 fully saturated rings. The van der Waals surface area contributed by atoms with Crippen LogP contribution in [0.25, 0.3) is 0 Å². The molecule has 1 aliphatic heterocycles. The molecule has 0 radical (unpaired) electrons. The molecule has 0 saturated carbocycles. The average molecular weight is 304 g/mol. The molecule has 0 aromatic heterocycles. The first kappa shape index (κ1) is 17.0. The van der Waals surface area contributed by atoms with Gasteiger partial charge in [0, 0.05) is 12.6 Å². The van der Waals surface area contributed by atoms with Gasteiger partial charge in [-0.2, -0.15) is 0 Å². The number of aromatic hydroxyl groups is 1. The minimum Gasteiger partial charge on any atom is -0.508 e. The first-order valence-electron chi connectivity index (χ1n) is 8.22. The standard InChI is InChI=1S/C18H28N2O2/c1-2-3-6-18(22)19-16(14-20-11-4-5-12-20)13-15-7-9-17(21)10-8-15/h2,7-10,16,18-19,21-22H,1,3-6,11-14H2. The third kappa shape index (κ3) is 5.79. The summed E-state index contributed by atoms with van der Waals surface area (Å²) in [6.45, 7) is 6.95. The van der Waals surface area contributed by atoms with Gasteiger partial charge in [-0.25, -0.2) is 0 Å². The summed E-state index contributed by atoms with van der Waals surface area (Å²) in [5, 5.41) is 22.9. The second-order valence-electron chi connectivity index (χ2n) is 6.12. The molecule has 0 amide bonds. The number of aliphatic hydroxyl groups excluding tert-OH is 1. The summed E-state index contributed by atoms with van der Waals surface area (Å²) in [7, 11) is 0. The maximum atomic E-state index is 10.1. The SMILES string of the molecule is C=CCCC(O)NC(Cc1ccc(O)cc1)CN1CCCC1. The van der Waals surface area contributed by atoms with Crippen LogP contribution >= 0.6 is 0 Å². The molecule has 1 aromatic rings. The van der Waals surface area contributed by atoms with Crippen molar-refractivity contribution < 1.29 is 10.2 Å². The van der Waals surface area contributed by atoms with Gasteiger partial charge in [-0.05, 0) is 62.9 Å². The normalized spacial score (nSPS) is 18.2. The lowest BCUT2D eigenvalue weighted by Gasteiger charge is -2.27. The smallest absolute Gasteiger partial charge is 0.115 e. The Labute approximate surface area is 133 Å². The maximum absolute atomic E-state index is 10.1. The number of aliphatic hydroxyl groups is 1. The summed E-state index contributed by atoms with van der Waals surface area (Å²) in [5.74, 6) is 0.291. The lowest BCUT2D eigenvalue weighted by molar-refractivity contribution is 0.105. The van der Waals surface area contributed by atoms with Crippen molar-refractivity contribution >= 4 is 0 Å². The van der Waals surface area contributed by atoms with Crippen LogP contribution in [0.15, 0.2) is 36.9 Å². The van der Waals surface area contributed by atoms with Crippen LogP contribution in [0.5, 0.6) is 5.75 Å². The van der Waals surface area contributed by atoms with E-state index in [1.54, 1.807) is 12.1 Å². The Kier molecular flexibility index (Phi) is 6.90. The van der Waals surface area contributed by atoms with Crippen molar-refractivity contribution in [1.29, 1.82) is 0 Å². The molecular weight excluding hydrogens is 276 g/mol. The van der Waals surface area contributed by atoms with E-state index in [0.29, 0.717) is 12.2 Å². The molecule has 22 heavy (non-hydrogen) atoms. The number of hydrogen-bond donors (Lipinski definition) is 3. The summed E-state index contributed by atoms with van der Waals surface area (Å²) >= 11 is 0. The molecule has 2 rings (SSSR count). The van der Waals surface area contributed by atoms with Crippen LogP contribution in [0.2, 0.25) is 0 Å². The maximum Gasteiger partial charge on any atom is 0.115 e. The fourth-order valence-corrected chi connectivity index (χ4v) is 3.00. The molecule has 1 aromatic carbocycles. The van der Waals surface area contributed by atoms with Gasteiger partial charge in [0.05, 0.1) is 0 Å². The Hall–Kier alpha value is -1.36. The number of allylic oxidation sites excluding steroid dienone is 1. The van der Waals surface area contributed by atoms with E-state index in [1.165, 1.54) is 18.4 Å². The second-order valence-corrected chi connectivity index (χ2v) is 6.12. The highest BCUT2D eigenvalue weighted by Crippen LogP contribution is 2.14. The van der Waals surface area contributed by atoms with E-state index in [9.17, 15) is 10.2 Å². The van der Waals surface area contributed by atoms with E-state index in [1.807, 2.05) is 18.2 Å².